The van der Waals surface area contributed by atoms with Gasteiger partial charge in [0.25, 0.3) is 0 Å². The highest BCUT2D eigenvalue weighted by Gasteiger charge is 2.14. The maximum atomic E-state index is 12.5. The quantitative estimate of drug-likeness (QED) is 0.539. The first-order chi connectivity index (χ1) is 13.2. The van der Waals surface area contributed by atoms with Crippen LogP contribution in [0.5, 0.6) is 0 Å². The fourth-order valence-electron chi connectivity index (χ4n) is 3.31. The summed E-state index contributed by atoms with van der Waals surface area (Å²) < 4.78 is 3.56. The van der Waals surface area contributed by atoms with Crippen LogP contribution >= 0.6 is 0 Å². The molecule has 0 saturated heterocycles. The molecule has 0 atom stereocenters. The molecule has 0 spiro atoms. The van der Waals surface area contributed by atoms with Crippen LogP contribution in [0.25, 0.3) is 28.3 Å². The van der Waals surface area contributed by atoms with Crippen LogP contribution in [-0.4, -0.2) is 28.9 Å². The molecule has 0 amide bonds. The summed E-state index contributed by atoms with van der Waals surface area (Å²) in [7, 11) is 0. The molecule has 0 aliphatic rings. The van der Waals surface area contributed by atoms with Crippen LogP contribution in [0.1, 0.15) is 11.1 Å². The van der Waals surface area contributed by atoms with Gasteiger partial charge < -0.3 is 4.98 Å². The Morgan fingerprint density at radius 3 is 2.89 bits per heavy atom. The van der Waals surface area contributed by atoms with Crippen molar-refractivity contribution in [3.05, 3.63) is 82.7 Å². The van der Waals surface area contributed by atoms with Crippen molar-refractivity contribution in [3.8, 4) is 11.5 Å². The van der Waals surface area contributed by atoms with Crippen molar-refractivity contribution in [2.24, 2.45) is 0 Å². The lowest BCUT2D eigenvalue weighted by molar-refractivity contribution is 0.777. The number of hydrogen-bond donors (Lipinski definition) is 1. The van der Waals surface area contributed by atoms with Gasteiger partial charge in [0.05, 0.1) is 18.9 Å². The van der Waals surface area contributed by atoms with Gasteiger partial charge in [-0.05, 0) is 24.6 Å². The summed E-state index contributed by atoms with van der Waals surface area (Å²) in [5, 5.41) is 0. The Hall–Kier alpha value is -3.74. The minimum Gasteiger partial charge on any atom is -0.303 e. The molecule has 0 bridgehead atoms. The summed E-state index contributed by atoms with van der Waals surface area (Å²) >= 11 is 0. The zero-order chi connectivity index (χ0) is 18.4. The topological polar surface area (TPSA) is 80.9 Å². The van der Waals surface area contributed by atoms with Gasteiger partial charge in [-0.2, -0.15) is 0 Å². The molecule has 7 heteroatoms. The molecule has 0 saturated carbocycles. The number of benzene rings is 1. The Labute approximate surface area is 154 Å². The molecule has 1 aromatic carbocycles. The molecule has 5 rings (SSSR count). The van der Waals surface area contributed by atoms with Crippen LogP contribution < -0.4 is 5.69 Å². The van der Waals surface area contributed by atoms with E-state index in [1.807, 2.05) is 53.9 Å². The number of imidazole rings is 2. The van der Waals surface area contributed by atoms with E-state index in [9.17, 15) is 4.79 Å². The third-order valence-corrected chi connectivity index (χ3v) is 4.58. The highest BCUT2D eigenvalue weighted by atomic mass is 16.1. The van der Waals surface area contributed by atoms with Gasteiger partial charge in [-0.25, -0.2) is 19.7 Å². The van der Waals surface area contributed by atoms with E-state index in [-0.39, 0.29) is 5.69 Å². The zero-order valence-corrected chi connectivity index (χ0v) is 14.6. The summed E-state index contributed by atoms with van der Waals surface area (Å²) in [6.45, 7) is 2.48. The van der Waals surface area contributed by atoms with Gasteiger partial charge >= 0.3 is 5.69 Å². The first-order valence-corrected chi connectivity index (χ1v) is 8.62. The molecule has 0 aliphatic heterocycles. The number of H-pyrrole nitrogens is 1. The van der Waals surface area contributed by atoms with Gasteiger partial charge in [0.1, 0.15) is 16.9 Å². The third-order valence-electron chi connectivity index (χ3n) is 4.58. The number of hydrogen-bond acceptors (Lipinski definition) is 4. The highest BCUT2D eigenvalue weighted by molar-refractivity contribution is 5.72. The molecular formula is C20H16N6O. The molecule has 0 radical (unpaired) electrons. The number of nitrogens with one attached hydrogen (secondary N) is 1. The summed E-state index contributed by atoms with van der Waals surface area (Å²) in [4.78, 5) is 28.8. The lowest BCUT2D eigenvalue weighted by Gasteiger charge is -2.05. The van der Waals surface area contributed by atoms with Crippen LogP contribution in [-0.2, 0) is 6.54 Å². The molecule has 7 nitrogen and oxygen atoms in total. The Morgan fingerprint density at radius 2 is 2.00 bits per heavy atom. The minimum absolute atomic E-state index is 0.198. The van der Waals surface area contributed by atoms with Crippen molar-refractivity contribution >= 4 is 16.8 Å². The largest absolute Gasteiger partial charge is 0.328 e. The van der Waals surface area contributed by atoms with Gasteiger partial charge in [0, 0.05) is 6.20 Å². The number of nitrogens with zero attached hydrogens (tertiary/aromatic N) is 5. The number of aryl methyl sites for hydroxylation is 1. The third kappa shape index (κ3) is 2.60. The van der Waals surface area contributed by atoms with E-state index in [0.717, 1.165) is 22.5 Å². The predicted molar refractivity (Wildman–Crippen MR) is 103 cm³/mol. The normalized spacial score (nSPS) is 11.4. The van der Waals surface area contributed by atoms with Gasteiger partial charge in [-0.3, -0.25) is 8.97 Å². The van der Waals surface area contributed by atoms with Crippen molar-refractivity contribution < 1.29 is 0 Å². The summed E-state index contributed by atoms with van der Waals surface area (Å²) in [6.07, 6.45) is 5.31. The monoisotopic (exact) mass is 356 g/mol. The number of aromatic amines is 1. The van der Waals surface area contributed by atoms with Crippen molar-refractivity contribution in [1.82, 2.24) is 28.9 Å². The molecule has 5 aromatic rings. The summed E-state index contributed by atoms with van der Waals surface area (Å²) in [5.41, 5.74) is 4.80. The molecule has 0 aliphatic carbocycles. The lowest BCUT2D eigenvalue weighted by Crippen LogP contribution is -2.17. The van der Waals surface area contributed by atoms with Crippen LogP contribution in [0.15, 0.2) is 65.8 Å². The van der Waals surface area contributed by atoms with Gasteiger partial charge in [-0.15, -0.1) is 0 Å². The number of aromatic nitrogens is 6. The maximum absolute atomic E-state index is 12.5. The molecule has 0 unspecified atom stereocenters. The van der Waals surface area contributed by atoms with Crippen molar-refractivity contribution in [2.75, 3.05) is 0 Å². The standard InChI is InChI=1S/C20H16N6O/c1-13-5-4-6-14(9-13)12-26-19-15(23-20(26)27)10-22-18(24-19)16-11-21-17-7-2-3-8-25(16)17/h2-11H,12H2,1H3,(H,23,27). The van der Waals surface area contributed by atoms with Crippen LogP contribution in [0.2, 0.25) is 0 Å². The fraction of sp³-hybridized carbons (Fsp3) is 0.100. The molecule has 4 aromatic heterocycles. The molecule has 132 valence electrons. The Bertz CT molecular complexity index is 1340. The molecule has 1 N–H and O–H groups in total. The average Bonchev–Trinajstić information content (AvgIpc) is 3.23. The van der Waals surface area contributed by atoms with Crippen LogP contribution in [0.4, 0.5) is 0 Å². The molecule has 0 fully saturated rings. The van der Waals surface area contributed by atoms with Gasteiger partial charge in [-0.1, -0.05) is 35.9 Å². The molecule has 4 heterocycles. The van der Waals surface area contributed by atoms with Crippen LogP contribution in [0, 0.1) is 6.92 Å². The highest BCUT2D eigenvalue weighted by Crippen LogP contribution is 2.19. The number of rotatable bonds is 3. The second kappa shape index (κ2) is 5.91. The first-order valence-electron chi connectivity index (χ1n) is 8.62. The van der Waals surface area contributed by atoms with E-state index in [0.29, 0.717) is 23.5 Å². The first kappa shape index (κ1) is 15.5. The van der Waals surface area contributed by atoms with E-state index < -0.39 is 0 Å². The molecular weight excluding hydrogens is 340 g/mol. The second-order valence-corrected chi connectivity index (χ2v) is 6.51. The van der Waals surface area contributed by atoms with Gasteiger partial charge in [0.15, 0.2) is 11.5 Å². The zero-order valence-electron chi connectivity index (χ0n) is 14.6. The lowest BCUT2D eigenvalue weighted by atomic mass is 10.1. The maximum Gasteiger partial charge on any atom is 0.328 e. The molecule has 27 heavy (non-hydrogen) atoms. The van der Waals surface area contributed by atoms with Crippen LogP contribution in [0.3, 0.4) is 0 Å². The summed E-state index contributed by atoms with van der Waals surface area (Å²) in [5.74, 6) is 0.526. The van der Waals surface area contributed by atoms with E-state index >= 15 is 0 Å². The number of pyridine rings is 1. The van der Waals surface area contributed by atoms with E-state index in [1.165, 1.54) is 0 Å². The SMILES string of the molecule is Cc1cccc(Cn2c(=O)[nH]c3cnc(-c4cnc5ccccn45)nc32)c1. The Morgan fingerprint density at radius 1 is 1.07 bits per heavy atom. The van der Waals surface area contributed by atoms with Crippen molar-refractivity contribution in [2.45, 2.75) is 13.5 Å². The fourth-order valence-corrected chi connectivity index (χ4v) is 3.31. The summed E-state index contributed by atoms with van der Waals surface area (Å²) in [6, 6.07) is 13.9. The van der Waals surface area contributed by atoms with E-state index in [1.54, 1.807) is 17.0 Å². The van der Waals surface area contributed by atoms with E-state index in [2.05, 4.69) is 26.0 Å². The average molecular weight is 356 g/mol. The minimum atomic E-state index is -0.198. The number of fused-ring (bicyclic) bond motifs is 2. The predicted octanol–water partition coefficient (Wildman–Crippen LogP) is 2.79. The van der Waals surface area contributed by atoms with E-state index in [4.69, 9.17) is 0 Å². The van der Waals surface area contributed by atoms with Crippen molar-refractivity contribution in [1.29, 1.82) is 0 Å². The Balaban J connectivity index is 1.66. The van der Waals surface area contributed by atoms with Crippen molar-refractivity contribution in [3.63, 3.8) is 0 Å². The smallest absolute Gasteiger partial charge is 0.303 e. The second-order valence-electron chi connectivity index (χ2n) is 6.51. The Kier molecular flexibility index (Phi) is 3.39. The van der Waals surface area contributed by atoms with Gasteiger partial charge in [0.2, 0.25) is 0 Å².